The molecular weight excluding hydrogens is 356 g/mol. The van der Waals surface area contributed by atoms with Gasteiger partial charge in [-0.1, -0.05) is 30.3 Å². The molecule has 1 saturated heterocycles. The molecule has 0 bridgehead atoms. The SMILES string of the molecule is N#C[C@]1(c2ccccc2)CCc2c(sc3ncnc(N4CCOCC4)c23)C1. The predicted molar refractivity (Wildman–Crippen MR) is 106 cm³/mol. The summed E-state index contributed by atoms with van der Waals surface area (Å²) in [5.41, 5.74) is 2.02. The highest BCUT2D eigenvalue weighted by molar-refractivity contribution is 7.19. The second-order valence-electron chi connectivity index (χ2n) is 7.22. The van der Waals surface area contributed by atoms with Gasteiger partial charge in [-0.3, -0.25) is 0 Å². The number of nitrogens with zero attached hydrogens (tertiary/aromatic N) is 4. The van der Waals surface area contributed by atoms with Crippen molar-refractivity contribution >= 4 is 27.4 Å². The maximum Gasteiger partial charge on any atom is 0.141 e. The molecule has 136 valence electrons. The molecule has 2 aromatic heterocycles. The highest BCUT2D eigenvalue weighted by Crippen LogP contribution is 2.45. The van der Waals surface area contributed by atoms with Crippen molar-refractivity contribution in [2.45, 2.75) is 24.7 Å². The van der Waals surface area contributed by atoms with E-state index in [1.54, 1.807) is 17.7 Å². The van der Waals surface area contributed by atoms with E-state index in [9.17, 15) is 5.26 Å². The minimum atomic E-state index is -0.443. The van der Waals surface area contributed by atoms with Crippen LogP contribution in [0.5, 0.6) is 0 Å². The molecule has 1 atom stereocenters. The Morgan fingerprint density at radius 3 is 2.74 bits per heavy atom. The van der Waals surface area contributed by atoms with Gasteiger partial charge in [0.05, 0.1) is 30.1 Å². The van der Waals surface area contributed by atoms with Gasteiger partial charge >= 0.3 is 0 Å². The number of rotatable bonds is 2. The van der Waals surface area contributed by atoms with Crippen molar-refractivity contribution in [2.24, 2.45) is 0 Å². The molecule has 3 aromatic rings. The maximum atomic E-state index is 10.1. The van der Waals surface area contributed by atoms with Crippen molar-refractivity contribution in [3.05, 3.63) is 52.7 Å². The summed E-state index contributed by atoms with van der Waals surface area (Å²) < 4.78 is 5.50. The number of benzene rings is 1. The van der Waals surface area contributed by atoms with Crippen LogP contribution in [-0.2, 0) is 23.0 Å². The van der Waals surface area contributed by atoms with E-state index in [0.717, 1.165) is 61.8 Å². The number of hydrogen-bond donors (Lipinski definition) is 0. The van der Waals surface area contributed by atoms with Crippen LogP contribution in [0, 0.1) is 11.3 Å². The van der Waals surface area contributed by atoms with Gasteiger partial charge in [0.2, 0.25) is 0 Å². The van der Waals surface area contributed by atoms with Crippen LogP contribution in [0.1, 0.15) is 22.4 Å². The van der Waals surface area contributed by atoms with E-state index < -0.39 is 5.41 Å². The summed E-state index contributed by atoms with van der Waals surface area (Å²) in [5.74, 6) is 1.03. The maximum absolute atomic E-state index is 10.1. The molecule has 3 heterocycles. The molecule has 0 N–H and O–H groups in total. The van der Waals surface area contributed by atoms with Gasteiger partial charge in [0, 0.05) is 24.4 Å². The molecule has 27 heavy (non-hydrogen) atoms. The Morgan fingerprint density at radius 2 is 1.96 bits per heavy atom. The zero-order chi connectivity index (χ0) is 18.3. The lowest BCUT2D eigenvalue weighted by Crippen LogP contribution is -2.37. The molecular formula is C21H20N4OS. The van der Waals surface area contributed by atoms with E-state index in [0.29, 0.717) is 0 Å². The molecule has 0 spiro atoms. The van der Waals surface area contributed by atoms with E-state index >= 15 is 0 Å². The summed E-state index contributed by atoms with van der Waals surface area (Å²) in [6.07, 6.45) is 4.16. The van der Waals surface area contributed by atoms with Crippen LogP contribution in [0.2, 0.25) is 0 Å². The van der Waals surface area contributed by atoms with Gasteiger partial charge in [-0.15, -0.1) is 11.3 Å². The number of thiophene rings is 1. The van der Waals surface area contributed by atoms with Crippen molar-refractivity contribution in [1.29, 1.82) is 5.26 Å². The lowest BCUT2D eigenvalue weighted by Gasteiger charge is -2.32. The number of ether oxygens (including phenoxy) is 1. The van der Waals surface area contributed by atoms with Crippen molar-refractivity contribution in [1.82, 2.24) is 9.97 Å². The van der Waals surface area contributed by atoms with E-state index in [-0.39, 0.29) is 0 Å². The van der Waals surface area contributed by atoms with Crippen LogP contribution in [0.3, 0.4) is 0 Å². The topological polar surface area (TPSA) is 62.0 Å². The van der Waals surface area contributed by atoms with Crippen LogP contribution in [0.25, 0.3) is 10.2 Å². The number of morpholine rings is 1. The fourth-order valence-electron chi connectivity index (χ4n) is 4.31. The molecule has 0 radical (unpaired) electrons. The van der Waals surface area contributed by atoms with Gasteiger partial charge < -0.3 is 9.64 Å². The minimum absolute atomic E-state index is 0.443. The Kier molecular flexibility index (Phi) is 4.07. The second kappa shape index (κ2) is 6.59. The summed E-state index contributed by atoms with van der Waals surface area (Å²) in [6, 6.07) is 12.9. The fourth-order valence-corrected chi connectivity index (χ4v) is 5.60. The van der Waals surface area contributed by atoms with Crippen molar-refractivity contribution in [3.63, 3.8) is 0 Å². The second-order valence-corrected chi connectivity index (χ2v) is 8.30. The van der Waals surface area contributed by atoms with Crippen molar-refractivity contribution in [3.8, 4) is 6.07 Å². The van der Waals surface area contributed by atoms with Gasteiger partial charge in [-0.05, 0) is 24.0 Å². The number of fused-ring (bicyclic) bond motifs is 3. The molecule has 0 saturated carbocycles. The first-order chi connectivity index (χ1) is 13.3. The molecule has 2 aliphatic rings. The van der Waals surface area contributed by atoms with Gasteiger partial charge in [-0.25, -0.2) is 9.97 Å². The van der Waals surface area contributed by atoms with Crippen molar-refractivity contribution < 1.29 is 4.74 Å². The summed E-state index contributed by atoms with van der Waals surface area (Å²) in [4.78, 5) is 13.8. The molecule has 5 nitrogen and oxygen atoms in total. The molecule has 1 fully saturated rings. The lowest BCUT2D eigenvalue weighted by atomic mass is 9.70. The monoisotopic (exact) mass is 376 g/mol. The van der Waals surface area contributed by atoms with Gasteiger partial charge in [0.1, 0.15) is 17.0 Å². The molecule has 0 amide bonds. The third-order valence-corrected chi connectivity index (χ3v) is 6.91. The molecule has 1 aromatic carbocycles. The number of hydrogen-bond acceptors (Lipinski definition) is 6. The summed E-state index contributed by atoms with van der Waals surface area (Å²) >= 11 is 1.73. The third kappa shape index (κ3) is 2.70. The molecule has 1 aliphatic heterocycles. The molecule has 6 heteroatoms. The predicted octanol–water partition coefficient (Wildman–Crippen LogP) is 3.48. The third-order valence-electron chi connectivity index (χ3n) is 5.77. The zero-order valence-electron chi connectivity index (χ0n) is 15.0. The molecule has 5 rings (SSSR count). The first-order valence-corrected chi connectivity index (χ1v) is 10.2. The summed E-state index contributed by atoms with van der Waals surface area (Å²) in [5, 5.41) is 11.3. The lowest BCUT2D eigenvalue weighted by molar-refractivity contribution is 0.122. The number of aromatic nitrogens is 2. The van der Waals surface area contributed by atoms with E-state index in [1.165, 1.54) is 15.8 Å². The van der Waals surface area contributed by atoms with Crippen LogP contribution < -0.4 is 4.90 Å². The number of nitriles is 1. The van der Waals surface area contributed by atoms with Crippen LogP contribution in [0.15, 0.2) is 36.7 Å². The largest absolute Gasteiger partial charge is 0.378 e. The van der Waals surface area contributed by atoms with Crippen LogP contribution >= 0.6 is 11.3 Å². The normalized spacial score (nSPS) is 22.4. The van der Waals surface area contributed by atoms with E-state index in [4.69, 9.17) is 4.74 Å². The minimum Gasteiger partial charge on any atom is -0.378 e. The molecule has 1 aliphatic carbocycles. The number of aryl methyl sites for hydroxylation is 1. The zero-order valence-corrected chi connectivity index (χ0v) is 15.8. The Balaban J connectivity index is 1.60. The Morgan fingerprint density at radius 1 is 1.15 bits per heavy atom. The average molecular weight is 376 g/mol. The highest BCUT2D eigenvalue weighted by Gasteiger charge is 2.38. The van der Waals surface area contributed by atoms with Crippen LogP contribution in [0.4, 0.5) is 5.82 Å². The fraction of sp³-hybridized carbons (Fsp3) is 0.381. The number of anilines is 1. The summed E-state index contributed by atoms with van der Waals surface area (Å²) in [6.45, 7) is 3.21. The van der Waals surface area contributed by atoms with Gasteiger partial charge in [0.25, 0.3) is 0 Å². The Hall–Kier alpha value is -2.49. The summed E-state index contributed by atoms with van der Waals surface area (Å²) in [7, 11) is 0. The molecule has 0 unspecified atom stereocenters. The Labute approximate surface area is 162 Å². The van der Waals surface area contributed by atoms with Crippen molar-refractivity contribution in [2.75, 3.05) is 31.2 Å². The Bertz CT molecular complexity index is 1020. The highest BCUT2D eigenvalue weighted by atomic mass is 32.1. The first-order valence-electron chi connectivity index (χ1n) is 9.35. The smallest absolute Gasteiger partial charge is 0.141 e. The van der Waals surface area contributed by atoms with Gasteiger partial charge in [0.15, 0.2) is 0 Å². The first kappa shape index (κ1) is 16.7. The quantitative estimate of drug-likeness (QED) is 0.685. The standard InChI is InChI=1S/C21H20N4OS/c22-13-21(15-4-2-1-3-5-15)7-6-16-17(12-21)27-20-18(16)19(23-14-24-20)25-8-10-26-11-9-25/h1-5,14H,6-12H2/t21-/m0/s1. The van der Waals surface area contributed by atoms with Gasteiger partial charge in [-0.2, -0.15) is 5.26 Å². The average Bonchev–Trinajstić information content (AvgIpc) is 3.12. The van der Waals surface area contributed by atoms with E-state index in [1.807, 2.05) is 18.2 Å². The van der Waals surface area contributed by atoms with E-state index in [2.05, 4.69) is 33.1 Å². The van der Waals surface area contributed by atoms with Crippen LogP contribution in [-0.4, -0.2) is 36.3 Å².